The van der Waals surface area contributed by atoms with Crippen molar-refractivity contribution in [2.45, 2.75) is 13.5 Å². The van der Waals surface area contributed by atoms with E-state index >= 15 is 0 Å². The van der Waals surface area contributed by atoms with Crippen LogP contribution in [0.5, 0.6) is 11.5 Å². The number of nitrogens with zero attached hydrogens (tertiary/aromatic N) is 1. The van der Waals surface area contributed by atoms with Gasteiger partial charge in [-0.05, 0) is 60.5 Å². The number of nitrogens with one attached hydrogen (secondary N) is 2. The summed E-state index contributed by atoms with van der Waals surface area (Å²) in [5, 5.41) is 7.20. The maximum atomic E-state index is 11.9. The summed E-state index contributed by atoms with van der Waals surface area (Å²) in [5.74, 6) is 1.21. The van der Waals surface area contributed by atoms with Crippen molar-refractivity contribution in [2.75, 3.05) is 12.4 Å². The van der Waals surface area contributed by atoms with Crippen molar-refractivity contribution in [1.82, 2.24) is 5.43 Å². The Labute approximate surface area is 180 Å². The highest BCUT2D eigenvalue weighted by atomic mass is 35.5. The lowest BCUT2D eigenvalue weighted by Gasteiger charge is -2.11. The summed E-state index contributed by atoms with van der Waals surface area (Å²) in [7, 11) is 1.58. The maximum Gasteiger partial charge on any atom is 0.339 e. The molecule has 0 atom stereocenters. The second kappa shape index (κ2) is 10.3. The third-order valence-corrected chi connectivity index (χ3v) is 4.44. The number of hydrogen-bond donors (Lipinski definition) is 2. The first-order valence-corrected chi connectivity index (χ1v) is 9.63. The van der Waals surface area contributed by atoms with E-state index in [-0.39, 0.29) is 0 Å². The third kappa shape index (κ3) is 6.25. The molecule has 0 heterocycles. The van der Waals surface area contributed by atoms with Crippen LogP contribution in [0.1, 0.15) is 16.7 Å². The fourth-order valence-corrected chi connectivity index (χ4v) is 2.71. The number of methoxy groups -OCH3 is 1. The molecule has 0 unspecified atom stereocenters. The van der Waals surface area contributed by atoms with E-state index in [2.05, 4.69) is 15.8 Å². The van der Waals surface area contributed by atoms with E-state index in [0.29, 0.717) is 28.8 Å². The molecule has 0 aliphatic carbocycles. The predicted octanol–water partition coefficient (Wildman–Crippen LogP) is 5.39. The molecule has 6 nitrogen and oxygen atoms in total. The van der Waals surface area contributed by atoms with E-state index in [1.165, 1.54) is 11.8 Å². The zero-order valence-electron chi connectivity index (χ0n) is 16.7. The first kappa shape index (κ1) is 21.2. The molecule has 0 aliphatic rings. The molecule has 30 heavy (non-hydrogen) atoms. The molecular weight excluding hydrogens is 402 g/mol. The highest BCUT2D eigenvalue weighted by molar-refractivity contribution is 6.30. The fourth-order valence-electron chi connectivity index (χ4n) is 2.59. The number of anilines is 1. The molecule has 154 valence electrons. The summed E-state index contributed by atoms with van der Waals surface area (Å²) in [6.45, 7) is 2.49. The molecule has 0 radical (unpaired) electrons. The topological polar surface area (TPSA) is 72.0 Å². The van der Waals surface area contributed by atoms with E-state index < -0.39 is 6.03 Å². The van der Waals surface area contributed by atoms with Crippen LogP contribution in [0.25, 0.3) is 0 Å². The van der Waals surface area contributed by atoms with Gasteiger partial charge in [-0.25, -0.2) is 10.2 Å². The van der Waals surface area contributed by atoms with Crippen LogP contribution < -0.4 is 20.2 Å². The largest absolute Gasteiger partial charge is 0.493 e. The summed E-state index contributed by atoms with van der Waals surface area (Å²) in [4.78, 5) is 11.9. The number of hydrogen-bond acceptors (Lipinski definition) is 4. The van der Waals surface area contributed by atoms with Crippen molar-refractivity contribution < 1.29 is 14.3 Å². The van der Waals surface area contributed by atoms with Gasteiger partial charge in [0.25, 0.3) is 0 Å². The van der Waals surface area contributed by atoms with Gasteiger partial charge in [0.05, 0.1) is 13.3 Å². The van der Waals surface area contributed by atoms with Gasteiger partial charge in [-0.3, -0.25) is 0 Å². The molecule has 0 aliphatic heterocycles. The lowest BCUT2D eigenvalue weighted by Crippen LogP contribution is -2.24. The number of carbonyl (C=O) groups is 1. The second-order valence-corrected chi connectivity index (χ2v) is 6.95. The van der Waals surface area contributed by atoms with Gasteiger partial charge in [0.15, 0.2) is 11.5 Å². The first-order valence-electron chi connectivity index (χ1n) is 9.25. The van der Waals surface area contributed by atoms with Crippen molar-refractivity contribution in [1.29, 1.82) is 0 Å². The predicted molar refractivity (Wildman–Crippen MR) is 120 cm³/mol. The van der Waals surface area contributed by atoms with E-state index in [1.54, 1.807) is 37.4 Å². The Bertz CT molecular complexity index is 1020. The molecule has 0 spiro atoms. The van der Waals surface area contributed by atoms with Gasteiger partial charge in [0.1, 0.15) is 6.61 Å². The van der Waals surface area contributed by atoms with Crippen LogP contribution >= 0.6 is 11.6 Å². The molecule has 0 fully saturated rings. The van der Waals surface area contributed by atoms with Gasteiger partial charge in [-0.1, -0.05) is 41.4 Å². The zero-order valence-corrected chi connectivity index (χ0v) is 17.4. The van der Waals surface area contributed by atoms with Gasteiger partial charge in [-0.2, -0.15) is 5.10 Å². The molecule has 3 aromatic carbocycles. The Morgan fingerprint density at radius 3 is 2.47 bits per heavy atom. The maximum absolute atomic E-state index is 11.9. The van der Waals surface area contributed by atoms with Gasteiger partial charge >= 0.3 is 6.03 Å². The molecule has 0 saturated heterocycles. The average Bonchev–Trinajstić information content (AvgIpc) is 2.75. The Kier molecular flexibility index (Phi) is 7.29. The molecule has 3 rings (SSSR count). The number of benzene rings is 3. The van der Waals surface area contributed by atoms with Gasteiger partial charge in [0, 0.05) is 10.7 Å². The van der Waals surface area contributed by atoms with E-state index in [0.717, 1.165) is 11.1 Å². The second-order valence-electron chi connectivity index (χ2n) is 6.52. The summed E-state index contributed by atoms with van der Waals surface area (Å²) in [5.41, 5.74) is 6.06. The molecule has 0 bridgehead atoms. The lowest BCUT2D eigenvalue weighted by molar-refractivity contribution is 0.252. The van der Waals surface area contributed by atoms with Crippen LogP contribution in [-0.4, -0.2) is 19.4 Å². The molecule has 2 N–H and O–H groups in total. The third-order valence-electron chi connectivity index (χ3n) is 4.18. The van der Waals surface area contributed by atoms with Crippen molar-refractivity contribution in [3.05, 3.63) is 88.4 Å². The minimum Gasteiger partial charge on any atom is -0.493 e. The Balaban J connectivity index is 1.56. The standard InChI is InChI=1S/C23H22ClN3O3/c1-16-3-5-17(6-4-16)15-30-21-12-7-18(13-22(21)29-2)14-25-27-23(28)26-20-10-8-19(24)9-11-20/h3-14H,15H2,1-2H3,(H2,26,27,28)/b25-14-. The number of ether oxygens (including phenoxy) is 2. The first-order chi connectivity index (χ1) is 14.5. The van der Waals surface area contributed by atoms with Crippen molar-refractivity contribution in [2.24, 2.45) is 5.10 Å². The Morgan fingerprint density at radius 1 is 1.03 bits per heavy atom. The van der Waals surface area contributed by atoms with Crippen LogP contribution in [-0.2, 0) is 6.61 Å². The van der Waals surface area contributed by atoms with Gasteiger partial charge < -0.3 is 14.8 Å². The van der Waals surface area contributed by atoms with E-state index in [1.807, 2.05) is 43.3 Å². The Hall–Kier alpha value is -3.51. The zero-order chi connectivity index (χ0) is 21.3. The van der Waals surface area contributed by atoms with Crippen molar-refractivity contribution >= 4 is 29.5 Å². The summed E-state index contributed by atoms with van der Waals surface area (Å²) < 4.78 is 11.3. The highest BCUT2D eigenvalue weighted by Gasteiger charge is 2.06. The number of rotatable bonds is 7. The van der Waals surface area contributed by atoms with Gasteiger partial charge in [0.2, 0.25) is 0 Å². The van der Waals surface area contributed by atoms with E-state index in [9.17, 15) is 4.79 Å². The number of amides is 2. The number of halogens is 1. The quantitative estimate of drug-likeness (QED) is 0.395. The summed E-state index contributed by atoms with van der Waals surface area (Å²) in [6.07, 6.45) is 1.52. The number of hydrazone groups is 1. The molecule has 2 amide bonds. The average molecular weight is 424 g/mol. The smallest absolute Gasteiger partial charge is 0.339 e. The minimum atomic E-state index is -0.460. The minimum absolute atomic E-state index is 0.441. The van der Waals surface area contributed by atoms with Crippen LogP contribution in [0.2, 0.25) is 5.02 Å². The monoisotopic (exact) mass is 423 g/mol. The normalized spacial score (nSPS) is 10.6. The lowest BCUT2D eigenvalue weighted by atomic mass is 10.2. The van der Waals surface area contributed by atoms with Crippen LogP contribution in [0.3, 0.4) is 0 Å². The molecule has 0 aromatic heterocycles. The van der Waals surface area contributed by atoms with Crippen LogP contribution in [0.15, 0.2) is 71.8 Å². The number of urea groups is 1. The molecule has 3 aromatic rings. The van der Waals surface area contributed by atoms with E-state index in [4.69, 9.17) is 21.1 Å². The fraction of sp³-hybridized carbons (Fsp3) is 0.130. The molecular formula is C23H22ClN3O3. The summed E-state index contributed by atoms with van der Waals surface area (Å²) in [6, 6.07) is 19.9. The van der Waals surface area contributed by atoms with Crippen molar-refractivity contribution in [3.63, 3.8) is 0 Å². The number of carbonyl (C=O) groups excluding carboxylic acids is 1. The van der Waals surface area contributed by atoms with Gasteiger partial charge in [-0.15, -0.1) is 0 Å². The molecule has 7 heteroatoms. The van der Waals surface area contributed by atoms with Crippen LogP contribution in [0.4, 0.5) is 10.5 Å². The highest BCUT2D eigenvalue weighted by Crippen LogP contribution is 2.28. The SMILES string of the molecule is COc1cc(/C=N\NC(=O)Nc2ccc(Cl)cc2)ccc1OCc1ccc(C)cc1. The number of aryl methyl sites for hydroxylation is 1. The van der Waals surface area contributed by atoms with Crippen LogP contribution in [0, 0.1) is 6.92 Å². The summed E-state index contributed by atoms with van der Waals surface area (Å²) >= 11 is 5.82. The Morgan fingerprint density at radius 2 is 1.77 bits per heavy atom. The molecule has 0 saturated carbocycles. The van der Waals surface area contributed by atoms with Crippen molar-refractivity contribution in [3.8, 4) is 11.5 Å².